The van der Waals surface area contributed by atoms with Gasteiger partial charge in [-0.2, -0.15) is 0 Å². The zero-order valence-electron chi connectivity index (χ0n) is 10.6. The average Bonchev–Trinajstić information content (AvgIpc) is 2.19. The van der Waals surface area contributed by atoms with Crippen molar-refractivity contribution in [2.75, 3.05) is 18.8 Å². The van der Waals surface area contributed by atoms with Crippen LogP contribution in [-0.2, 0) is 9.59 Å². The third-order valence-electron chi connectivity index (χ3n) is 1.65. The standard InChI is InChI=1S/C11H22N2O2S/c1-5-6-12-9(14)7-13-10(15)8-16-11(2,3)4/h5-8H2,1-4H3,(H,12,14)(H,13,15). The fourth-order valence-electron chi connectivity index (χ4n) is 0.839. The quantitative estimate of drug-likeness (QED) is 0.739. The smallest absolute Gasteiger partial charge is 0.239 e. The Morgan fingerprint density at radius 1 is 1.12 bits per heavy atom. The number of carbonyl (C=O) groups excluding carboxylic acids is 2. The SMILES string of the molecule is CCCNC(=O)CNC(=O)CSC(C)(C)C. The first-order valence-corrected chi connectivity index (χ1v) is 6.51. The molecule has 0 aromatic rings. The number of amides is 2. The highest BCUT2D eigenvalue weighted by Crippen LogP contribution is 2.22. The molecule has 0 radical (unpaired) electrons. The van der Waals surface area contributed by atoms with Crippen LogP contribution in [0.2, 0.25) is 0 Å². The van der Waals surface area contributed by atoms with Crippen molar-refractivity contribution in [1.29, 1.82) is 0 Å². The summed E-state index contributed by atoms with van der Waals surface area (Å²) < 4.78 is 0.0712. The van der Waals surface area contributed by atoms with Gasteiger partial charge in [0.05, 0.1) is 12.3 Å². The molecule has 5 heteroatoms. The van der Waals surface area contributed by atoms with E-state index >= 15 is 0 Å². The lowest BCUT2D eigenvalue weighted by Gasteiger charge is -2.16. The maximum Gasteiger partial charge on any atom is 0.239 e. The largest absolute Gasteiger partial charge is 0.355 e. The van der Waals surface area contributed by atoms with Crippen LogP contribution >= 0.6 is 11.8 Å². The Kier molecular flexibility index (Phi) is 7.21. The molecule has 4 nitrogen and oxygen atoms in total. The van der Waals surface area contributed by atoms with Crippen LogP contribution in [0.3, 0.4) is 0 Å². The Balaban J connectivity index is 3.61. The lowest BCUT2D eigenvalue weighted by Crippen LogP contribution is -2.38. The molecule has 0 fully saturated rings. The molecule has 0 spiro atoms. The highest BCUT2D eigenvalue weighted by molar-refractivity contribution is 8.01. The first-order valence-electron chi connectivity index (χ1n) is 5.52. The minimum Gasteiger partial charge on any atom is -0.355 e. The van der Waals surface area contributed by atoms with Crippen LogP contribution < -0.4 is 10.6 Å². The van der Waals surface area contributed by atoms with Crippen LogP contribution in [0.5, 0.6) is 0 Å². The van der Waals surface area contributed by atoms with Crippen molar-refractivity contribution in [2.24, 2.45) is 0 Å². The summed E-state index contributed by atoms with van der Waals surface area (Å²) >= 11 is 1.57. The summed E-state index contributed by atoms with van der Waals surface area (Å²) in [6, 6.07) is 0. The van der Waals surface area contributed by atoms with Crippen LogP contribution in [0, 0.1) is 0 Å². The van der Waals surface area contributed by atoms with E-state index in [9.17, 15) is 9.59 Å². The summed E-state index contributed by atoms with van der Waals surface area (Å²) in [5, 5.41) is 5.29. The van der Waals surface area contributed by atoms with Gasteiger partial charge in [0.15, 0.2) is 0 Å². The van der Waals surface area contributed by atoms with E-state index in [1.807, 2.05) is 6.92 Å². The third kappa shape index (κ3) is 9.83. The minimum absolute atomic E-state index is 0.0712. The Morgan fingerprint density at radius 2 is 1.75 bits per heavy atom. The second-order valence-corrected chi connectivity index (χ2v) is 6.33. The molecule has 0 aromatic carbocycles. The van der Waals surface area contributed by atoms with Crippen molar-refractivity contribution in [1.82, 2.24) is 10.6 Å². The minimum atomic E-state index is -0.129. The van der Waals surface area contributed by atoms with Gasteiger partial charge in [-0.3, -0.25) is 9.59 Å². The van der Waals surface area contributed by atoms with Crippen LogP contribution in [0.15, 0.2) is 0 Å². The van der Waals surface area contributed by atoms with E-state index in [0.29, 0.717) is 12.3 Å². The summed E-state index contributed by atoms with van der Waals surface area (Å²) in [5.74, 6) is 0.174. The Bertz CT molecular complexity index is 237. The summed E-state index contributed by atoms with van der Waals surface area (Å²) in [6.07, 6.45) is 0.902. The van der Waals surface area contributed by atoms with Crippen molar-refractivity contribution in [2.45, 2.75) is 38.9 Å². The molecule has 94 valence electrons. The molecule has 0 rings (SSSR count). The van der Waals surface area contributed by atoms with Crippen molar-refractivity contribution in [3.05, 3.63) is 0 Å². The fraction of sp³-hybridized carbons (Fsp3) is 0.818. The van der Waals surface area contributed by atoms with Crippen LogP contribution in [0.4, 0.5) is 0 Å². The molecule has 0 aromatic heterocycles. The fourth-order valence-corrected chi connectivity index (χ4v) is 1.51. The van der Waals surface area contributed by atoms with E-state index in [2.05, 4.69) is 31.4 Å². The lowest BCUT2D eigenvalue weighted by molar-refractivity contribution is -0.124. The lowest BCUT2D eigenvalue weighted by atomic mass is 10.3. The van der Waals surface area contributed by atoms with Crippen LogP contribution in [0.25, 0.3) is 0 Å². The van der Waals surface area contributed by atoms with E-state index in [-0.39, 0.29) is 23.1 Å². The molecular weight excluding hydrogens is 224 g/mol. The normalized spacial score (nSPS) is 11.0. The van der Waals surface area contributed by atoms with Gasteiger partial charge in [0.25, 0.3) is 0 Å². The van der Waals surface area contributed by atoms with Crippen LogP contribution in [0.1, 0.15) is 34.1 Å². The molecule has 0 unspecified atom stereocenters. The number of thioether (sulfide) groups is 1. The molecule has 0 atom stereocenters. The molecule has 0 bridgehead atoms. The number of hydrogen-bond acceptors (Lipinski definition) is 3. The number of nitrogens with one attached hydrogen (secondary N) is 2. The molecule has 0 heterocycles. The molecule has 0 saturated carbocycles. The molecule has 0 aliphatic carbocycles. The average molecular weight is 246 g/mol. The monoisotopic (exact) mass is 246 g/mol. The van der Waals surface area contributed by atoms with Gasteiger partial charge < -0.3 is 10.6 Å². The molecule has 2 amide bonds. The van der Waals surface area contributed by atoms with Gasteiger partial charge in [0.1, 0.15) is 0 Å². The Hall–Kier alpha value is -0.710. The van der Waals surface area contributed by atoms with Crippen molar-refractivity contribution in [3.63, 3.8) is 0 Å². The molecule has 0 aliphatic rings. The van der Waals surface area contributed by atoms with E-state index in [0.717, 1.165) is 6.42 Å². The maximum absolute atomic E-state index is 11.4. The van der Waals surface area contributed by atoms with Gasteiger partial charge in [-0.25, -0.2) is 0 Å². The van der Waals surface area contributed by atoms with E-state index in [4.69, 9.17) is 0 Å². The zero-order valence-corrected chi connectivity index (χ0v) is 11.4. The molecule has 16 heavy (non-hydrogen) atoms. The molecule has 0 aliphatic heterocycles. The summed E-state index contributed by atoms with van der Waals surface area (Å²) in [7, 11) is 0. The summed E-state index contributed by atoms with van der Waals surface area (Å²) in [4.78, 5) is 22.5. The highest BCUT2D eigenvalue weighted by atomic mass is 32.2. The second kappa shape index (κ2) is 7.54. The maximum atomic E-state index is 11.4. The van der Waals surface area contributed by atoms with Gasteiger partial charge in [-0.05, 0) is 6.42 Å². The molecule has 0 saturated heterocycles. The van der Waals surface area contributed by atoms with Gasteiger partial charge >= 0.3 is 0 Å². The van der Waals surface area contributed by atoms with Gasteiger partial charge in [-0.1, -0.05) is 27.7 Å². The predicted octanol–water partition coefficient (Wildman–Crippen LogP) is 1.16. The van der Waals surface area contributed by atoms with Gasteiger partial charge in [-0.15, -0.1) is 11.8 Å². The highest BCUT2D eigenvalue weighted by Gasteiger charge is 2.13. The first kappa shape index (κ1) is 15.3. The Labute approximate surface area is 102 Å². The molecular formula is C11H22N2O2S. The van der Waals surface area contributed by atoms with Crippen molar-refractivity contribution in [3.8, 4) is 0 Å². The summed E-state index contributed by atoms with van der Waals surface area (Å²) in [6.45, 7) is 8.88. The number of carbonyl (C=O) groups is 2. The number of rotatable bonds is 6. The van der Waals surface area contributed by atoms with E-state index in [1.165, 1.54) is 0 Å². The van der Waals surface area contributed by atoms with Gasteiger partial charge in [0.2, 0.25) is 11.8 Å². The van der Waals surface area contributed by atoms with Gasteiger partial charge in [0, 0.05) is 11.3 Å². The van der Waals surface area contributed by atoms with E-state index in [1.54, 1.807) is 11.8 Å². The van der Waals surface area contributed by atoms with Crippen LogP contribution in [-0.4, -0.2) is 35.4 Å². The Morgan fingerprint density at radius 3 is 2.25 bits per heavy atom. The van der Waals surface area contributed by atoms with Crippen molar-refractivity contribution < 1.29 is 9.59 Å². The van der Waals surface area contributed by atoms with Crippen molar-refractivity contribution >= 4 is 23.6 Å². The zero-order chi connectivity index (χ0) is 12.6. The summed E-state index contributed by atoms with van der Waals surface area (Å²) in [5.41, 5.74) is 0. The topological polar surface area (TPSA) is 58.2 Å². The number of hydrogen-bond donors (Lipinski definition) is 2. The third-order valence-corrected chi connectivity index (χ3v) is 2.93. The first-order chi connectivity index (χ1) is 7.35. The molecule has 2 N–H and O–H groups in total. The second-order valence-electron chi connectivity index (χ2n) is 4.53. The van der Waals surface area contributed by atoms with E-state index < -0.39 is 0 Å². The predicted molar refractivity (Wildman–Crippen MR) is 68.5 cm³/mol.